The van der Waals surface area contributed by atoms with Gasteiger partial charge in [-0.25, -0.2) is 0 Å². The zero-order valence-corrected chi connectivity index (χ0v) is 12.3. The lowest BCUT2D eigenvalue weighted by molar-refractivity contribution is -0.142. The summed E-state index contributed by atoms with van der Waals surface area (Å²) in [5, 5.41) is 19.2. The van der Waals surface area contributed by atoms with Crippen LogP contribution in [0.25, 0.3) is 0 Å². The second kappa shape index (κ2) is 7.38. The zero-order chi connectivity index (χ0) is 15.2. The molecule has 0 spiro atoms. The molecule has 0 aromatic heterocycles. The smallest absolute Gasteiger partial charge is 0.309 e. The second-order valence-electron chi connectivity index (χ2n) is 5.30. The molecule has 114 valence electrons. The number of benzene rings is 1. The number of hydrogen-bond donors (Lipinski definition) is 2. The number of rotatable bonds is 6. The molecule has 0 amide bonds. The van der Waals surface area contributed by atoms with E-state index in [1.807, 2.05) is 30.3 Å². The molecule has 0 heterocycles. The van der Waals surface area contributed by atoms with Gasteiger partial charge in [-0.3, -0.25) is 4.79 Å². The van der Waals surface area contributed by atoms with Crippen LogP contribution in [0.2, 0.25) is 0 Å². The molecule has 0 aliphatic heterocycles. The summed E-state index contributed by atoms with van der Waals surface area (Å²) in [5.74, 6) is -0.292. The van der Waals surface area contributed by atoms with Gasteiger partial charge in [0.15, 0.2) is 0 Å². The standard InChI is InChI=1S/C17H22O4/c1-2-21-16(20)9-15-13(10-18)8-14(11-19)17(15)12-6-4-3-5-7-12/h3-7,14,17-19H,2,8-11H2,1H3/t14-,17+/m0/s1. The third-order valence-corrected chi connectivity index (χ3v) is 4.03. The second-order valence-corrected chi connectivity index (χ2v) is 5.30. The highest BCUT2D eigenvalue weighted by atomic mass is 16.5. The fourth-order valence-electron chi connectivity index (χ4n) is 3.14. The van der Waals surface area contributed by atoms with Gasteiger partial charge in [-0.2, -0.15) is 0 Å². The Bertz CT molecular complexity index is 507. The van der Waals surface area contributed by atoms with Crippen molar-refractivity contribution in [1.29, 1.82) is 0 Å². The molecule has 2 rings (SSSR count). The minimum absolute atomic E-state index is 0.0129. The van der Waals surface area contributed by atoms with Crippen LogP contribution in [0.1, 0.15) is 31.2 Å². The van der Waals surface area contributed by atoms with Gasteiger partial charge in [-0.05, 0) is 36.0 Å². The van der Waals surface area contributed by atoms with E-state index in [1.165, 1.54) is 0 Å². The molecule has 0 bridgehead atoms. The molecule has 2 atom stereocenters. The maximum atomic E-state index is 11.8. The lowest BCUT2D eigenvalue weighted by Gasteiger charge is -2.21. The van der Waals surface area contributed by atoms with E-state index in [1.54, 1.807) is 6.92 Å². The molecule has 21 heavy (non-hydrogen) atoms. The first-order valence-electron chi connectivity index (χ1n) is 7.34. The van der Waals surface area contributed by atoms with Crippen molar-refractivity contribution in [2.45, 2.75) is 25.7 Å². The van der Waals surface area contributed by atoms with Gasteiger partial charge in [0.1, 0.15) is 0 Å². The number of aliphatic hydroxyl groups is 2. The van der Waals surface area contributed by atoms with Crippen molar-refractivity contribution in [2.24, 2.45) is 5.92 Å². The van der Waals surface area contributed by atoms with Gasteiger partial charge in [0, 0.05) is 12.5 Å². The Labute approximate surface area is 125 Å². The van der Waals surface area contributed by atoms with Crippen molar-refractivity contribution in [3.63, 3.8) is 0 Å². The van der Waals surface area contributed by atoms with Gasteiger partial charge < -0.3 is 14.9 Å². The number of aliphatic hydroxyl groups excluding tert-OH is 2. The van der Waals surface area contributed by atoms with E-state index in [9.17, 15) is 15.0 Å². The summed E-state index contributed by atoms with van der Waals surface area (Å²) in [6.45, 7) is 2.09. The summed E-state index contributed by atoms with van der Waals surface area (Å²) in [6.07, 6.45) is 0.807. The molecule has 0 radical (unpaired) electrons. The molecule has 0 saturated carbocycles. The van der Waals surface area contributed by atoms with Crippen LogP contribution in [0, 0.1) is 5.92 Å². The van der Waals surface area contributed by atoms with Gasteiger partial charge in [0.05, 0.1) is 19.6 Å². The Morgan fingerprint density at radius 1 is 1.29 bits per heavy atom. The van der Waals surface area contributed by atoms with Gasteiger partial charge in [0.2, 0.25) is 0 Å². The number of ether oxygens (including phenoxy) is 1. The van der Waals surface area contributed by atoms with Crippen LogP contribution in [-0.2, 0) is 9.53 Å². The third-order valence-electron chi connectivity index (χ3n) is 4.03. The molecule has 1 aromatic carbocycles. The van der Waals surface area contributed by atoms with Crippen LogP contribution in [0.4, 0.5) is 0 Å². The fourth-order valence-corrected chi connectivity index (χ4v) is 3.14. The number of carbonyl (C=O) groups is 1. The first kappa shape index (κ1) is 15.7. The zero-order valence-electron chi connectivity index (χ0n) is 12.3. The highest BCUT2D eigenvalue weighted by Crippen LogP contribution is 2.45. The normalized spacial score (nSPS) is 21.7. The summed E-state index contributed by atoms with van der Waals surface area (Å²) in [6, 6.07) is 9.83. The first-order chi connectivity index (χ1) is 10.2. The highest BCUT2D eigenvalue weighted by Gasteiger charge is 2.35. The molecule has 1 aliphatic rings. The van der Waals surface area contributed by atoms with Crippen LogP contribution in [0.5, 0.6) is 0 Å². The summed E-state index contributed by atoms with van der Waals surface area (Å²) in [4.78, 5) is 11.8. The predicted molar refractivity (Wildman–Crippen MR) is 79.7 cm³/mol. The Morgan fingerprint density at radius 3 is 2.57 bits per heavy atom. The predicted octanol–water partition coefficient (Wildman–Crippen LogP) is 2.02. The number of hydrogen-bond acceptors (Lipinski definition) is 4. The summed E-state index contributed by atoms with van der Waals surface area (Å²) >= 11 is 0. The maximum absolute atomic E-state index is 11.8. The Morgan fingerprint density at radius 2 is 2.00 bits per heavy atom. The van der Waals surface area contributed by atoms with Crippen molar-refractivity contribution >= 4 is 5.97 Å². The third kappa shape index (κ3) is 3.52. The Kier molecular flexibility index (Phi) is 5.53. The highest BCUT2D eigenvalue weighted by molar-refractivity contribution is 5.73. The van der Waals surface area contributed by atoms with Crippen molar-refractivity contribution in [2.75, 3.05) is 19.8 Å². The van der Waals surface area contributed by atoms with Crippen molar-refractivity contribution < 1.29 is 19.7 Å². The topological polar surface area (TPSA) is 66.8 Å². The van der Waals surface area contributed by atoms with E-state index in [0.29, 0.717) is 13.0 Å². The van der Waals surface area contributed by atoms with E-state index in [2.05, 4.69) is 0 Å². The summed E-state index contributed by atoms with van der Waals surface area (Å²) in [7, 11) is 0. The fraction of sp³-hybridized carbons (Fsp3) is 0.471. The van der Waals surface area contributed by atoms with E-state index in [4.69, 9.17) is 4.74 Å². The molecule has 1 aliphatic carbocycles. The van der Waals surface area contributed by atoms with Crippen molar-refractivity contribution in [3.8, 4) is 0 Å². The first-order valence-corrected chi connectivity index (χ1v) is 7.34. The molecule has 2 N–H and O–H groups in total. The minimum atomic E-state index is -0.280. The lowest BCUT2D eigenvalue weighted by atomic mass is 9.84. The average molecular weight is 290 g/mol. The Hall–Kier alpha value is -1.65. The maximum Gasteiger partial charge on any atom is 0.309 e. The van der Waals surface area contributed by atoms with Crippen LogP contribution in [0.15, 0.2) is 41.5 Å². The minimum Gasteiger partial charge on any atom is -0.466 e. The average Bonchev–Trinajstić information content (AvgIpc) is 2.86. The van der Waals surface area contributed by atoms with Gasteiger partial charge >= 0.3 is 5.97 Å². The largest absolute Gasteiger partial charge is 0.466 e. The quantitative estimate of drug-likeness (QED) is 0.621. The molecule has 4 nitrogen and oxygen atoms in total. The molecule has 0 unspecified atom stereocenters. The molecule has 0 fully saturated rings. The molecule has 4 heteroatoms. The van der Waals surface area contributed by atoms with E-state index < -0.39 is 0 Å². The van der Waals surface area contributed by atoms with Crippen LogP contribution >= 0.6 is 0 Å². The number of carbonyl (C=O) groups excluding carboxylic acids is 1. The van der Waals surface area contributed by atoms with E-state index in [-0.39, 0.29) is 37.4 Å². The van der Waals surface area contributed by atoms with E-state index >= 15 is 0 Å². The molecular formula is C17H22O4. The van der Waals surface area contributed by atoms with Crippen LogP contribution in [-0.4, -0.2) is 36.0 Å². The van der Waals surface area contributed by atoms with Crippen LogP contribution < -0.4 is 0 Å². The monoisotopic (exact) mass is 290 g/mol. The molecular weight excluding hydrogens is 268 g/mol. The number of esters is 1. The molecule has 1 aromatic rings. The SMILES string of the molecule is CCOC(=O)CC1=C(CO)C[C@@H](CO)[C@H]1c1ccccc1. The Balaban J connectivity index is 2.32. The van der Waals surface area contributed by atoms with Gasteiger partial charge in [-0.1, -0.05) is 30.3 Å². The van der Waals surface area contributed by atoms with Crippen LogP contribution in [0.3, 0.4) is 0 Å². The van der Waals surface area contributed by atoms with Gasteiger partial charge in [0.25, 0.3) is 0 Å². The van der Waals surface area contributed by atoms with Crippen molar-refractivity contribution in [1.82, 2.24) is 0 Å². The summed E-state index contributed by atoms with van der Waals surface area (Å²) < 4.78 is 5.03. The van der Waals surface area contributed by atoms with Crippen molar-refractivity contribution in [3.05, 3.63) is 47.0 Å². The summed E-state index contributed by atoms with van der Waals surface area (Å²) in [5.41, 5.74) is 2.83. The lowest BCUT2D eigenvalue weighted by Crippen LogP contribution is -2.16. The van der Waals surface area contributed by atoms with E-state index in [0.717, 1.165) is 16.7 Å². The molecule has 0 saturated heterocycles. The van der Waals surface area contributed by atoms with Gasteiger partial charge in [-0.15, -0.1) is 0 Å².